The summed E-state index contributed by atoms with van der Waals surface area (Å²) < 4.78 is 4.67. The maximum absolute atomic E-state index is 10.8. The molecule has 0 rings (SSSR count). The fourth-order valence-electron chi connectivity index (χ4n) is 0.598. The van der Waals surface area contributed by atoms with Crippen molar-refractivity contribution in [1.29, 1.82) is 0 Å². The van der Waals surface area contributed by atoms with Gasteiger partial charge in [0.15, 0.2) is 0 Å². The highest BCUT2D eigenvalue weighted by Crippen LogP contribution is 1.95. The number of unbranched alkanes of at least 4 members (excludes halogenated alkanes) is 1. The van der Waals surface area contributed by atoms with E-state index >= 15 is 0 Å². The molecule has 0 amide bonds. The van der Waals surface area contributed by atoms with Gasteiger partial charge in [0.1, 0.15) is 5.70 Å². The molecule has 0 aliphatic carbocycles. The molecule has 0 saturated heterocycles. The Hall–Kier alpha value is -0.990. The fourth-order valence-corrected chi connectivity index (χ4v) is 0.598. The number of ether oxygens (including phenoxy) is 1. The van der Waals surface area contributed by atoms with Gasteiger partial charge in [0, 0.05) is 0 Å². The fraction of sp³-hybridized carbons (Fsp3) is 0.625. The number of esters is 1. The van der Waals surface area contributed by atoms with E-state index in [2.05, 4.69) is 4.74 Å². The molecule has 3 heteroatoms. The third-order valence-corrected chi connectivity index (χ3v) is 1.16. The molecule has 0 aromatic rings. The summed E-state index contributed by atoms with van der Waals surface area (Å²) in [5, 5.41) is 0. The van der Waals surface area contributed by atoms with Gasteiger partial charge in [-0.3, -0.25) is 0 Å². The number of hydrogen-bond acceptors (Lipinski definition) is 3. The van der Waals surface area contributed by atoms with Gasteiger partial charge in [0.25, 0.3) is 0 Å². The van der Waals surface area contributed by atoms with Crippen LogP contribution >= 0.6 is 0 Å². The molecule has 0 atom stereocenters. The van der Waals surface area contributed by atoms with Crippen molar-refractivity contribution < 1.29 is 9.53 Å². The summed E-state index contributed by atoms with van der Waals surface area (Å²) in [5.41, 5.74) is 5.59. The second-order valence-corrected chi connectivity index (χ2v) is 2.17. The predicted molar refractivity (Wildman–Crippen MR) is 43.8 cm³/mol. The van der Waals surface area contributed by atoms with Gasteiger partial charge in [-0.1, -0.05) is 19.4 Å². The molecular weight excluding hydrogens is 142 g/mol. The lowest BCUT2D eigenvalue weighted by molar-refractivity contribution is -0.138. The van der Waals surface area contributed by atoms with Crippen LogP contribution in [0.3, 0.4) is 0 Å². The molecule has 0 heterocycles. The highest BCUT2D eigenvalue weighted by molar-refractivity contribution is 5.87. The lowest BCUT2D eigenvalue weighted by Crippen LogP contribution is -2.14. The second-order valence-electron chi connectivity index (χ2n) is 2.17. The average Bonchev–Trinajstić information content (AvgIpc) is 2.00. The van der Waals surface area contributed by atoms with Gasteiger partial charge < -0.3 is 10.5 Å². The van der Waals surface area contributed by atoms with Crippen molar-refractivity contribution in [3.63, 3.8) is 0 Å². The van der Waals surface area contributed by atoms with Crippen molar-refractivity contribution in [3.05, 3.63) is 11.8 Å². The number of carbonyl (C=O) groups excluding carboxylic acids is 1. The van der Waals surface area contributed by atoms with Crippen LogP contribution in [0.2, 0.25) is 0 Å². The molecule has 64 valence electrons. The van der Waals surface area contributed by atoms with Gasteiger partial charge in [0.2, 0.25) is 0 Å². The van der Waals surface area contributed by atoms with Crippen LogP contribution < -0.4 is 5.73 Å². The maximum Gasteiger partial charge on any atom is 0.353 e. The first-order chi connectivity index (χ1) is 5.22. The van der Waals surface area contributed by atoms with Crippen LogP contribution in [0, 0.1) is 0 Å². The van der Waals surface area contributed by atoms with Crippen molar-refractivity contribution >= 4 is 5.97 Å². The SMILES string of the molecule is CCC/C=C(\N)C(=O)OCC. The largest absolute Gasteiger partial charge is 0.461 e. The summed E-state index contributed by atoms with van der Waals surface area (Å²) in [6.07, 6.45) is 3.50. The summed E-state index contributed by atoms with van der Waals surface area (Å²) in [4.78, 5) is 10.8. The third-order valence-electron chi connectivity index (χ3n) is 1.16. The molecule has 0 fully saturated rings. The van der Waals surface area contributed by atoms with E-state index in [9.17, 15) is 4.79 Å². The van der Waals surface area contributed by atoms with Gasteiger partial charge in [-0.05, 0) is 13.3 Å². The second kappa shape index (κ2) is 5.77. The van der Waals surface area contributed by atoms with Crippen molar-refractivity contribution in [2.45, 2.75) is 26.7 Å². The van der Waals surface area contributed by atoms with Crippen molar-refractivity contribution in [2.24, 2.45) is 5.73 Å². The minimum absolute atomic E-state index is 0.216. The number of allylic oxidation sites excluding steroid dienone is 1. The Morgan fingerprint density at radius 1 is 1.55 bits per heavy atom. The van der Waals surface area contributed by atoms with E-state index in [4.69, 9.17) is 5.73 Å². The Morgan fingerprint density at radius 3 is 2.64 bits per heavy atom. The average molecular weight is 157 g/mol. The molecule has 0 aliphatic heterocycles. The highest BCUT2D eigenvalue weighted by Gasteiger charge is 2.02. The van der Waals surface area contributed by atoms with E-state index in [1.165, 1.54) is 0 Å². The molecule has 3 nitrogen and oxygen atoms in total. The van der Waals surface area contributed by atoms with Gasteiger partial charge in [-0.2, -0.15) is 0 Å². The van der Waals surface area contributed by atoms with E-state index in [0.29, 0.717) is 6.61 Å². The highest BCUT2D eigenvalue weighted by atomic mass is 16.5. The van der Waals surface area contributed by atoms with Crippen LogP contribution in [0.4, 0.5) is 0 Å². The van der Waals surface area contributed by atoms with Gasteiger partial charge in [-0.25, -0.2) is 4.79 Å². The van der Waals surface area contributed by atoms with E-state index in [1.807, 2.05) is 6.92 Å². The summed E-state index contributed by atoms with van der Waals surface area (Å²) in [6.45, 7) is 4.15. The molecule has 0 bridgehead atoms. The van der Waals surface area contributed by atoms with Crippen LogP contribution in [0.15, 0.2) is 11.8 Å². The molecule has 0 radical (unpaired) electrons. The Bertz CT molecular complexity index is 152. The monoisotopic (exact) mass is 157 g/mol. The lowest BCUT2D eigenvalue weighted by atomic mass is 10.3. The van der Waals surface area contributed by atoms with Gasteiger partial charge in [0.05, 0.1) is 6.61 Å². The van der Waals surface area contributed by atoms with E-state index in [-0.39, 0.29) is 5.70 Å². The topological polar surface area (TPSA) is 52.3 Å². The Labute approximate surface area is 67.2 Å². The maximum atomic E-state index is 10.8. The number of carbonyl (C=O) groups is 1. The smallest absolute Gasteiger partial charge is 0.353 e. The Kier molecular flexibility index (Phi) is 5.25. The summed E-state index contributed by atoms with van der Waals surface area (Å²) >= 11 is 0. The molecule has 11 heavy (non-hydrogen) atoms. The normalized spacial score (nSPS) is 11.3. The van der Waals surface area contributed by atoms with Crippen molar-refractivity contribution in [1.82, 2.24) is 0 Å². The minimum atomic E-state index is -0.416. The summed E-state index contributed by atoms with van der Waals surface area (Å²) in [6, 6.07) is 0. The van der Waals surface area contributed by atoms with Gasteiger partial charge >= 0.3 is 5.97 Å². The number of nitrogens with two attached hydrogens (primary N) is 1. The summed E-state index contributed by atoms with van der Waals surface area (Å²) in [7, 11) is 0. The first-order valence-electron chi connectivity index (χ1n) is 3.85. The van der Waals surface area contributed by atoms with E-state index in [0.717, 1.165) is 12.8 Å². The van der Waals surface area contributed by atoms with Crippen LogP contribution in [0.25, 0.3) is 0 Å². The Morgan fingerprint density at radius 2 is 2.18 bits per heavy atom. The third kappa shape index (κ3) is 4.42. The molecule has 0 aromatic heterocycles. The Balaban J connectivity index is 3.80. The van der Waals surface area contributed by atoms with Crippen LogP contribution in [0.5, 0.6) is 0 Å². The van der Waals surface area contributed by atoms with E-state index in [1.54, 1.807) is 13.0 Å². The molecule has 2 N–H and O–H groups in total. The number of hydrogen-bond donors (Lipinski definition) is 1. The first-order valence-corrected chi connectivity index (χ1v) is 3.85. The molecule has 0 unspecified atom stereocenters. The van der Waals surface area contributed by atoms with Crippen molar-refractivity contribution in [3.8, 4) is 0 Å². The molecule has 0 aliphatic rings. The quantitative estimate of drug-likeness (QED) is 0.492. The van der Waals surface area contributed by atoms with Crippen LogP contribution in [-0.4, -0.2) is 12.6 Å². The molecule has 0 aromatic carbocycles. The lowest BCUT2D eigenvalue weighted by Gasteiger charge is -1.99. The van der Waals surface area contributed by atoms with Crippen molar-refractivity contribution in [2.75, 3.05) is 6.61 Å². The van der Waals surface area contributed by atoms with Crippen LogP contribution in [-0.2, 0) is 9.53 Å². The molecule has 0 spiro atoms. The van der Waals surface area contributed by atoms with Gasteiger partial charge in [-0.15, -0.1) is 0 Å². The zero-order valence-electron chi connectivity index (χ0n) is 7.09. The number of rotatable bonds is 4. The first kappa shape index (κ1) is 10.0. The minimum Gasteiger partial charge on any atom is -0.461 e. The molecule has 0 saturated carbocycles. The standard InChI is InChI=1S/C8H15NO2/c1-3-5-6-7(9)8(10)11-4-2/h6H,3-5,9H2,1-2H3/b7-6-. The van der Waals surface area contributed by atoms with Crippen LogP contribution in [0.1, 0.15) is 26.7 Å². The predicted octanol–water partition coefficient (Wildman–Crippen LogP) is 1.19. The zero-order chi connectivity index (χ0) is 8.69. The zero-order valence-corrected chi connectivity index (χ0v) is 7.09. The van der Waals surface area contributed by atoms with E-state index < -0.39 is 5.97 Å². The summed E-state index contributed by atoms with van der Waals surface area (Å²) in [5.74, 6) is -0.416. The molecular formula is C8H15NO2.